The molecule has 1 aromatic rings. The summed E-state index contributed by atoms with van der Waals surface area (Å²) in [5.74, 6) is 1.57. The van der Waals surface area contributed by atoms with Crippen LogP contribution in [0.5, 0.6) is 0 Å². The normalized spacial score (nSPS) is 25.1. The minimum Gasteiger partial charge on any atom is -0.465 e. The van der Waals surface area contributed by atoms with Gasteiger partial charge in [0, 0.05) is 19.0 Å². The maximum atomic E-state index is 12.7. The van der Waals surface area contributed by atoms with Gasteiger partial charge in [0.05, 0.1) is 17.7 Å². The molecule has 1 aromatic heterocycles. The molecule has 2 fully saturated rings. The molecule has 1 N–H and O–H groups in total. The van der Waals surface area contributed by atoms with Gasteiger partial charge in [0.15, 0.2) is 0 Å². The van der Waals surface area contributed by atoms with Crippen LogP contribution in [0.25, 0.3) is 0 Å². The molecule has 0 saturated carbocycles. The molecule has 6 nitrogen and oxygen atoms in total. The second-order valence-corrected chi connectivity index (χ2v) is 6.34. The van der Waals surface area contributed by atoms with Gasteiger partial charge >= 0.3 is 0 Å². The van der Waals surface area contributed by atoms with Crippen LogP contribution in [0.1, 0.15) is 48.1 Å². The third-order valence-corrected chi connectivity index (χ3v) is 4.35. The fourth-order valence-electron chi connectivity index (χ4n) is 3.06. The van der Waals surface area contributed by atoms with E-state index >= 15 is 0 Å². The molecule has 2 saturated heterocycles. The highest BCUT2D eigenvalue weighted by Gasteiger charge is 2.37. The van der Waals surface area contributed by atoms with Crippen molar-refractivity contribution in [2.75, 3.05) is 19.7 Å². The monoisotopic (exact) mass is 306 g/mol. The van der Waals surface area contributed by atoms with E-state index in [9.17, 15) is 9.59 Å². The number of likely N-dealkylation sites (tertiary alicyclic amines) is 1. The largest absolute Gasteiger partial charge is 0.465 e. The second-order valence-electron chi connectivity index (χ2n) is 6.34. The number of amides is 2. The third-order valence-electron chi connectivity index (χ3n) is 4.35. The predicted molar refractivity (Wildman–Crippen MR) is 79.7 cm³/mol. The van der Waals surface area contributed by atoms with Crippen LogP contribution in [-0.2, 0) is 9.53 Å². The number of hydrogen-bond acceptors (Lipinski definition) is 4. The molecule has 2 amide bonds. The Morgan fingerprint density at radius 2 is 2.23 bits per heavy atom. The topological polar surface area (TPSA) is 71.8 Å². The van der Waals surface area contributed by atoms with E-state index in [1.165, 1.54) is 0 Å². The zero-order valence-electron chi connectivity index (χ0n) is 13.2. The lowest BCUT2D eigenvalue weighted by Gasteiger charge is -2.41. The van der Waals surface area contributed by atoms with Crippen molar-refractivity contribution in [1.29, 1.82) is 0 Å². The maximum Gasteiger partial charge on any atom is 0.257 e. The SMILES string of the molecule is Cc1oc(C(C)C)cc1C(=O)N1CCC2OCC(=O)NC2C1. The molecule has 2 atom stereocenters. The van der Waals surface area contributed by atoms with E-state index in [2.05, 4.69) is 5.32 Å². The van der Waals surface area contributed by atoms with E-state index in [1.54, 1.807) is 4.90 Å². The van der Waals surface area contributed by atoms with E-state index in [-0.39, 0.29) is 36.5 Å². The number of piperidine rings is 1. The Kier molecular flexibility index (Phi) is 3.95. The number of morpholine rings is 1. The van der Waals surface area contributed by atoms with Crippen LogP contribution < -0.4 is 5.32 Å². The number of nitrogens with one attached hydrogen (secondary N) is 1. The van der Waals surface area contributed by atoms with Gasteiger partial charge in [0.1, 0.15) is 18.1 Å². The first-order valence-electron chi connectivity index (χ1n) is 7.76. The Balaban J connectivity index is 1.74. The summed E-state index contributed by atoms with van der Waals surface area (Å²) in [5.41, 5.74) is 0.616. The molecule has 0 spiro atoms. The number of carbonyl (C=O) groups is 2. The average molecular weight is 306 g/mol. The molecule has 0 aromatic carbocycles. The van der Waals surface area contributed by atoms with Crippen LogP contribution in [0.4, 0.5) is 0 Å². The molecule has 3 heterocycles. The summed E-state index contributed by atoms with van der Waals surface area (Å²) in [5, 5.41) is 2.91. The molecule has 120 valence electrons. The minimum atomic E-state index is -0.115. The number of furan rings is 1. The molecule has 0 aliphatic carbocycles. The summed E-state index contributed by atoms with van der Waals surface area (Å²) in [6.07, 6.45) is 0.753. The van der Waals surface area contributed by atoms with Crippen molar-refractivity contribution in [1.82, 2.24) is 10.2 Å². The van der Waals surface area contributed by atoms with E-state index in [0.717, 1.165) is 12.2 Å². The van der Waals surface area contributed by atoms with Crippen LogP contribution in [0, 0.1) is 6.92 Å². The van der Waals surface area contributed by atoms with E-state index in [0.29, 0.717) is 24.4 Å². The summed E-state index contributed by atoms with van der Waals surface area (Å²) in [6, 6.07) is 1.72. The fraction of sp³-hybridized carbons (Fsp3) is 0.625. The molecule has 2 aliphatic rings. The molecular weight excluding hydrogens is 284 g/mol. The van der Waals surface area contributed by atoms with Crippen molar-refractivity contribution < 1.29 is 18.7 Å². The lowest BCUT2D eigenvalue weighted by molar-refractivity contribution is -0.139. The highest BCUT2D eigenvalue weighted by Crippen LogP contribution is 2.25. The summed E-state index contributed by atoms with van der Waals surface area (Å²) in [6.45, 7) is 7.12. The van der Waals surface area contributed by atoms with Crippen molar-refractivity contribution >= 4 is 11.8 Å². The van der Waals surface area contributed by atoms with Gasteiger partial charge in [0.25, 0.3) is 5.91 Å². The van der Waals surface area contributed by atoms with Gasteiger partial charge in [-0.25, -0.2) is 0 Å². The fourth-order valence-corrected chi connectivity index (χ4v) is 3.06. The summed E-state index contributed by atoms with van der Waals surface area (Å²) >= 11 is 0. The van der Waals surface area contributed by atoms with Crippen molar-refractivity contribution in [3.8, 4) is 0 Å². The lowest BCUT2D eigenvalue weighted by atomic mass is 9.99. The average Bonchev–Trinajstić information content (AvgIpc) is 2.88. The minimum absolute atomic E-state index is 0.0124. The number of hydrogen-bond donors (Lipinski definition) is 1. The molecule has 2 aliphatic heterocycles. The van der Waals surface area contributed by atoms with Gasteiger partial charge in [-0.05, 0) is 19.4 Å². The number of aryl methyl sites for hydroxylation is 1. The van der Waals surface area contributed by atoms with Crippen LogP contribution in [0.3, 0.4) is 0 Å². The Labute approximate surface area is 129 Å². The zero-order chi connectivity index (χ0) is 15.9. The van der Waals surface area contributed by atoms with Gasteiger partial charge < -0.3 is 19.4 Å². The van der Waals surface area contributed by atoms with E-state index in [1.807, 2.05) is 26.8 Å². The number of carbonyl (C=O) groups excluding carboxylic acids is 2. The number of rotatable bonds is 2. The van der Waals surface area contributed by atoms with Gasteiger partial charge in [-0.15, -0.1) is 0 Å². The first-order valence-corrected chi connectivity index (χ1v) is 7.76. The zero-order valence-corrected chi connectivity index (χ0v) is 13.2. The third kappa shape index (κ3) is 2.75. The molecule has 3 rings (SSSR count). The molecular formula is C16H22N2O4. The second kappa shape index (κ2) is 5.76. The predicted octanol–water partition coefficient (Wildman–Crippen LogP) is 1.44. The summed E-state index contributed by atoms with van der Waals surface area (Å²) in [4.78, 5) is 25.9. The van der Waals surface area contributed by atoms with E-state index in [4.69, 9.17) is 9.15 Å². The highest BCUT2D eigenvalue weighted by molar-refractivity contribution is 5.95. The van der Waals surface area contributed by atoms with Crippen molar-refractivity contribution in [2.45, 2.75) is 45.3 Å². The van der Waals surface area contributed by atoms with Gasteiger partial charge in [-0.2, -0.15) is 0 Å². The van der Waals surface area contributed by atoms with Crippen molar-refractivity contribution in [3.63, 3.8) is 0 Å². The lowest BCUT2D eigenvalue weighted by Crippen LogP contribution is -2.61. The van der Waals surface area contributed by atoms with Crippen LogP contribution in [0.15, 0.2) is 10.5 Å². The maximum absolute atomic E-state index is 12.7. The highest BCUT2D eigenvalue weighted by atomic mass is 16.5. The Morgan fingerprint density at radius 3 is 2.91 bits per heavy atom. The Bertz CT molecular complexity index is 593. The molecule has 2 unspecified atom stereocenters. The van der Waals surface area contributed by atoms with Crippen LogP contribution >= 0.6 is 0 Å². The Morgan fingerprint density at radius 1 is 1.45 bits per heavy atom. The smallest absolute Gasteiger partial charge is 0.257 e. The van der Waals surface area contributed by atoms with Crippen LogP contribution in [-0.4, -0.2) is 48.6 Å². The van der Waals surface area contributed by atoms with Crippen LogP contribution in [0.2, 0.25) is 0 Å². The number of fused-ring (bicyclic) bond motifs is 1. The molecule has 0 bridgehead atoms. The first kappa shape index (κ1) is 15.1. The van der Waals surface area contributed by atoms with E-state index < -0.39 is 0 Å². The molecule has 0 radical (unpaired) electrons. The standard InChI is InChI=1S/C16H22N2O4/c1-9(2)14-6-11(10(3)22-14)16(20)18-5-4-13-12(7-18)17-15(19)8-21-13/h6,9,12-13H,4-5,7-8H2,1-3H3,(H,17,19). The quantitative estimate of drug-likeness (QED) is 0.897. The molecule has 22 heavy (non-hydrogen) atoms. The summed E-state index contributed by atoms with van der Waals surface area (Å²) < 4.78 is 11.2. The molecule has 6 heteroatoms. The van der Waals surface area contributed by atoms with Gasteiger partial charge in [0.2, 0.25) is 5.91 Å². The van der Waals surface area contributed by atoms with Gasteiger partial charge in [-0.1, -0.05) is 13.8 Å². The van der Waals surface area contributed by atoms with Crippen molar-refractivity contribution in [2.24, 2.45) is 0 Å². The first-order chi connectivity index (χ1) is 10.5. The summed E-state index contributed by atoms with van der Waals surface area (Å²) in [7, 11) is 0. The number of nitrogens with zero attached hydrogens (tertiary/aromatic N) is 1. The van der Waals surface area contributed by atoms with Gasteiger partial charge in [-0.3, -0.25) is 9.59 Å². The Hall–Kier alpha value is -1.82. The number of ether oxygens (including phenoxy) is 1. The van der Waals surface area contributed by atoms with Crippen molar-refractivity contribution in [3.05, 3.63) is 23.2 Å².